The van der Waals surface area contributed by atoms with E-state index < -0.39 is 6.10 Å². The molecule has 0 bridgehead atoms. The Hall–Kier alpha value is -0.580. The van der Waals surface area contributed by atoms with Crippen LogP contribution in [-0.2, 0) is 4.74 Å². The minimum Gasteiger partial charge on any atom is -0.490 e. The van der Waals surface area contributed by atoms with Crippen LogP contribution in [0.25, 0.3) is 0 Å². The molecule has 3 nitrogen and oxygen atoms in total. The summed E-state index contributed by atoms with van der Waals surface area (Å²) in [5, 5.41) is 9.71. The van der Waals surface area contributed by atoms with E-state index in [1.165, 1.54) is 6.42 Å². The van der Waals surface area contributed by atoms with Gasteiger partial charge in [-0.25, -0.2) is 0 Å². The largest absolute Gasteiger partial charge is 0.490 e. The van der Waals surface area contributed by atoms with Gasteiger partial charge >= 0.3 is 0 Å². The SMILES string of the molecule is C[C@@H](O)c1ccc(Br)cc1OCC1CCCCO1. The molecule has 0 spiro atoms. The summed E-state index contributed by atoms with van der Waals surface area (Å²) in [5.41, 5.74) is 0.814. The lowest BCUT2D eigenvalue weighted by Gasteiger charge is -2.23. The first-order valence-electron chi connectivity index (χ1n) is 6.38. The lowest BCUT2D eigenvalue weighted by Crippen LogP contribution is -2.26. The van der Waals surface area contributed by atoms with Crippen LogP contribution in [0.15, 0.2) is 22.7 Å². The van der Waals surface area contributed by atoms with Gasteiger partial charge in [-0.15, -0.1) is 0 Å². The van der Waals surface area contributed by atoms with Crippen molar-refractivity contribution in [2.24, 2.45) is 0 Å². The average Bonchev–Trinajstić information content (AvgIpc) is 2.37. The second-order valence-electron chi connectivity index (χ2n) is 4.66. The zero-order valence-electron chi connectivity index (χ0n) is 10.6. The van der Waals surface area contributed by atoms with Gasteiger partial charge < -0.3 is 14.6 Å². The van der Waals surface area contributed by atoms with Crippen LogP contribution >= 0.6 is 15.9 Å². The van der Waals surface area contributed by atoms with Crippen LogP contribution in [-0.4, -0.2) is 24.4 Å². The number of aliphatic hydroxyl groups is 1. The lowest BCUT2D eigenvalue weighted by atomic mass is 10.1. The molecule has 1 aliphatic heterocycles. The molecule has 18 heavy (non-hydrogen) atoms. The summed E-state index contributed by atoms with van der Waals surface area (Å²) < 4.78 is 12.4. The number of ether oxygens (including phenoxy) is 2. The monoisotopic (exact) mass is 314 g/mol. The Balaban J connectivity index is 2.00. The molecular weight excluding hydrogens is 296 g/mol. The van der Waals surface area contributed by atoms with E-state index in [1.54, 1.807) is 6.92 Å². The van der Waals surface area contributed by atoms with Gasteiger partial charge in [-0.3, -0.25) is 0 Å². The maximum Gasteiger partial charge on any atom is 0.126 e. The van der Waals surface area contributed by atoms with Crippen molar-refractivity contribution in [3.05, 3.63) is 28.2 Å². The highest BCUT2D eigenvalue weighted by atomic mass is 79.9. The first-order chi connectivity index (χ1) is 8.66. The van der Waals surface area contributed by atoms with E-state index in [4.69, 9.17) is 9.47 Å². The summed E-state index contributed by atoms with van der Waals surface area (Å²) in [6.07, 6.45) is 3.06. The molecule has 100 valence electrons. The lowest BCUT2D eigenvalue weighted by molar-refractivity contribution is -0.0116. The van der Waals surface area contributed by atoms with Crippen molar-refractivity contribution in [1.82, 2.24) is 0 Å². The van der Waals surface area contributed by atoms with E-state index in [0.29, 0.717) is 6.61 Å². The van der Waals surface area contributed by atoms with Gasteiger partial charge in [0, 0.05) is 16.6 Å². The van der Waals surface area contributed by atoms with Crippen LogP contribution in [0.3, 0.4) is 0 Å². The van der Waals surface area contributed by atoms with Crippen LogP contribution in [0, 0.1) is 0 Å². The summed E-state index contributed by atoms with van der Waals surface area (Å²) in [6, 6.07) is 5.68. The predicted molar refractivity (Wildman–Crippen MR) is 73.9 cm³/mol. The second kappa shape index (κ2) is 6.55. The Labute approximate surface area is 116 Å². The van der Waals surface area contributed by atoms with E-state index >= 15 is 0 Å². The Kier molecular flexibility index (Phi) is 5.03. The van der Waals surface area contributed by atoms with Crippen molar-refractivity contribution in [2.75, 3.05) is 13.2 Å². The molecule has 1 N–H and O–H groups in total. The number of hydrogen-bond acceptors (Lipinski definition) is 3. The van der Waals surface area contributed by atoms with Gasteiger partial charge in [0.2, 0.25) is 0 Å². The minimum atomic E-state index is -0.527. The Bertz CT molecular complexity index is 387. The van der Waals surface area contributed by atoms with E-state index in [-0.39, 0.29) is 6.10 Å². The third-order valence-corrected chi connectivity index (χ3v) is 3.62. The zero-order valence-corrected chi connectivity index (χ0v) is 12.1. The first-order valence-corrected chi connectivity index (χ1v) is 7.18. The molecule has 2 atom stereocenters. The molecule has 1 unspecified atom stereocenters. The highest BCUT2D eigenvalue weighted by Crippen LogP contribution is 2.29. The van der Waals surface area contributed by atoms with Crippen molar-refractivity contribution >= 4 is 15.9 Å². The Morgan fingerprint density at radius 1 is 1.50 bits per heavy atom. The van der Waals surface area contributed by atoms with Gasteiger partial charge in [0.1, 0.15) is 12.4 Å². The summed E-state index contributed by atoms with van der Waals surface area (Å²) in [4.78, 5) is 0. The number of aliphatic hydroxyl groups excluding tert-OH is 1. The van der Waals surface area contributed by atoms with Crippen molar-refractivity contribution in [2.45, 2.75) is 38.4 Å². The van der Waals surface area contributed by atoms with Gasteiger partial charge in [-0.1, -0.05) is 22.0 Å². The smallest absolute Gasteiger partial charge is 0.126 e. The van der Waals surface area contributed by atoms with Crippen LogP contribution in [0.1, 0.15) is 37.9 Å². The molecule has 1 aliphatic rings. The normalized spacial score (nSPS) is 21.6. The van der Waals surface area contributed by atoms with Crippen molar-refractivity contribution < 1.29 is 14.6 Å². The molecule has 1 aromatic rings. The average molecular weight is 315 g/mol. The van der Waals surface area contributed by atoms with E-state index in [9.17, 15) is 5.11 Å². The van der Waals surface area contributed by atoms with E-state index in [0.717, 1.165) is 35.2 Å². The summed E-state index contributed by atoms with van der Waals surface area (Å²) >= 11 is 3.42. The molecule has 4 heteroatoms. The van der Waals surface area contributed by atoms with Gasteiger partial charge in [0.05, 0.1) is 12.2 Å². The molecule has 1 saturated heterocycles. The number of hydrogen-bond donors (Lipinski definition) is 1. The van der Waals surface area contributed by atoms with Gasteiger partial charge in [0.15, 0.2) is 0 Å². The predicted octanol–water partition coefficient (Wildman–Crippen LogP) is 3.45. The molecule has 1 fully saturated rings. The summed E-state index contributed by atoms with van der Waals surface area (Å²) in [6.45, 7) is 3.12. The fourth-order valence-electron chi connectivity index (χ4n) is 2.10. The molecule has 0 radical (unpaired) electrons. The highest BCUT2D eigenvalue weighted by Gasteiger charge is 2.16. The van der Waals surface area contributed by atoms with E-state index in [1.807, 2.05) is 18.2 Å². The molecule has 0 aliphatic carbocycles. The fourth-order valence-corrected chi connectivity index (χ4v) is 2.44. The molecule has 0 saturated carbocycles. The maximum atomic E-state index is 9.71. The quantitative estimate of drug-likeness (QED) is 0.925. The van der Waals surface area contributed by atoms with Crippen LogP contribution < -0.4 is 4.74 Å². The number of benzene rings is 1. The standard InChI is InChI=1S/C14H19BrO3/c1-10(16)13-6-5-11(15)8-14(13)18-9-12-4-2-3-7-17-12/h5-6,8,10,12,16H,2-4,7,9H2,1H3/t10-,12?/m1/s1. The van der Waals surface area contributed by atoms with E-state index in [2.05, 4.69) is 15.9 Å². The van der Waals surface area contributed by atoms with Gasteiger partial charge in [-0.2, -0.15) is 0 Å². The highest BCUT2D eigenvalue weighted by molar-refractivity contribution is 9.10. The molecule has 1 aromatic carbocycles. The Morgan fingerprint density at radius 2 is 2.33 bits per heavy atom. The van der Waals surface area contributed by atoms with Gasteiger partial charge in [0.25, 0.3) is 0 Å². The topological polar surface area (TPSA) is 38.7 Å². The first kappa shape index (κ1) is 13.8. The summed E-state index contributed by atoms with van der Waals surface area (Å²) in [5.74, 6) is 0.730. The zero-order chi connectivity index (χ0) is 13.0. The fraction of sp³-hybridized carbons (Fsp3) is 0.571. The number of halogens is 1. The molecule has 0 amide bonds. The Morgan fingerprint density at radius 3 is 3.00 bits per heavy atom. The second-order valence-corrected chi connectivity index (χ2v) is 5.57. The molecular formula is C14H19BrO3. The van der Waals surface area contributed by atoms with Crippen molar-refractivity contribution in [3.63, 3.8) is 0 Å². The minimum absolute atomic E-state index is 0.180. The number of rotatable bonds is 4. The van der Waals surface area contributed by atoms with Crippen molar-refractivity contribution in [3.8, 4) is 5.75 Å². The third-order valence-electron chi connectivity index (χ3n) is 3.12. The van der Waals surface area contributed by atoms with Gasteiger partial charge in [-0.05, 0) is 38.3 Å². The van der Waals surface area contributed by atoms with Crippen LogP contribution in [0.5, 0.6) is 5.75 Å². The third kappa shape index (κ3) is 3.70. The molecule has 1 heterocycles. The van der Waals surface area contributed by atoms with Crippen molar-refractivity contribution in [1.29, 1.82) is 0 Å². The maximum absolute atomic E-state index is 9.71. The molecule has 2 rings (SSSR count). The summed E-state index contributed by atoms with van der Waals surface area (Å²) in [7, 11) is 0. The van der Waals surface area contributed by atoms with Crippen LogP contribution in [0.2, 0.25) is 0 Å². The van der Waals surface area contributed by atoms with Crippen LogP contribution in [0.4, 0.5) is 0 Å². The molecule has 0 aromatic heterocycles.